The number of hydrogen-bond donors (Lipinski definition) is 1. The van der Waals surface area contributed by atoms with Gasteiger partial charge in [0.25, 0.3) is 0 Å². The summed E-state index contributed by atoms with van der Waals surface area (Å²) in [6.45, 7) is 9.18. The summed E-state index contributed by atoms with van der Waals surface area (Å²) in [5, 5.41) is 11.1. The Morgan fingerprint density at radius 1 is 0.862 bits per heavy atom. The van der Waals surface area contributed by atoms with Crippen LogP contribution in [-0.2, 0) is 47.3 Å². The van der Waals surface area contributed by atoms with Crippen LogP contribution in [0, 0.1) is 0 Å². The van der Waals surface area contributed by atoms with Crippen LogP contribution in [0.1, 0.15) is 27.7 Å². The van der Waals surface area contributed by atoms with Gasteiger partial charge < -0.3 is 33.2 Å². The molecule has 0 aromatic carbocycles. The molecule has 1 saturated heterocycles. The first-order chi connectivity index (χ1) is 13.1. The molecule has 1 aliphatic heterocycles. The number of esters is 4. The van der Waals surface area contributed by atoms with Crippen molar-refractivity contribution in [3.05, 3.63) is 0 Å². The van der Waals surface area contributed by atoms with E-state index in [2.05, 4.69) is 0 Å². The molecule has 0 aromatic heterocycles. The molecule has 29 heavy (non-hydrogen) atoms. The standard InChI is InChI=1S/C17H28O11Si/c1-9(18)23-8-13-14(24-10(2)19)15(25-11(3)20)16(26-12(4)21)17(22,27-13)28-29(5,6)7/h13-16,22H,8H2,1-7H3/t13-,14+,15+,16-,17+/m1/s1. The van der Waals surface area contributed by atoms with Gasteiger partial charge in [0.15, 0.2) is 20.5 Å². The van der Waals surface area contributed by atoms with Gasteiger partial charge in [-0.2, -0.15) is 0 Å². The van der Waals surface area contributed by atoms with E-state index >= 15 is 0 Å². The highest BCUT2D eigenvalue weighted by molar-refractivity contribution is 6.69. The molecule has 0 unspecified atom stereocenters. The molecule has 11 nitrogen and oxygen atoms in total. The van der Waals surface area contributed by atoms with Crippen LogP contribution in [0.3, 0.4) is 0 Å². The molecule has 5 atom stereocenters. The molecule has 0 saturated carbocycles. The molecule has 1 heterocycles. The van der Waals surface area contributed by atoms with E-state index in [0.717, 1.165) is 27.7 Å². The van der Waals surface area contributed by atoms with E-state index in [9.17, 15) is 24.3 Å². The quantitative estimate of drug-likeness (QED) is 0.254. The van der Waals surface area contributed by atoms with Crippen molar-refractivity contribution in [1.82, 2.24) is 0 Å². The lowest BCUT2D eigenvalue weighted by Gasteiger charge is -2.49. The van der Waals surface area contributed by atoms with Gasteiger partial charge in [-0.15, -0.1) is 0 Å². The first-order valence-corrected chi connectivity index (χ1v) is 12.3. The molecule has 166 valence electrons. The minimum atomic E-state index is -2.54. The van der Waals surface area contributed by atoms with Crippen LogP contribution >= 0.6 is 0 Å². The number of ether oxygens (including phenoxy) is 5. The van der Waals surface area contributed by atoms with Gasteiger partial charge in [0.05, 0.1) is 0 Å². The van der Waals surface area contributed by atoms with Gasteiger partial charge in [-0.1, -0.05) is 0 Å². The van der Waals surface area contributed by atoms with Crippen molar-refractivity contribution in [3.8, 4) is 0 Å². The summed E-state index contributed by atoms with van der Waals surface area (Å²) < 4.78 is 31.8. The van der Waals surface area contributed by atoms with Crippen molar-refractivity contribution in [2.45, 2.75) is 77.7 Å². The molecule has 0 aliphatic carbocycles. The van der Waals surface area contributed by atoms with E-state index in [4.69, 9.17) is 28.1 Å². The van der Waals surface area contributed by atoms with Crippen molar-refractivity contribution in [1.29, 1.82) is 0 Å². The molecule has 0 spiro atoms. The second-order valence-corrected chi connectivity index (χ2v) is 11.9. The van der Waals surface area contributed by atoms with Gasteiger partial charge in [0.1, 0.15) is 12.7 Å². The van der Waals surface area contributed by atoms with Crippen LogP contribution in [0.4, 0.5) is 0 Å². The van der Waals surface area contributed by atoms with Crippen LogP contribution < -0.4 is 0 Å². The number of hydrogen-bond acceptors (Lipinski definition) is 11. The highest BCUT2D eigenvalue weighted by Crippen LogP contribution is 2.37. The van der Waals surface area contributed by atoms with E-state index < -0.39 is 69.2 Å². The predicted molar refractivity (Wildman–Crippen MR) is 97.5 cm³/mol. The third-order valence-electron chi connectivity index (χ3n) is 3.47. The summed E-state index contributed by atoms with van der Waals surface area (Å²) in [6.07, 6.45) is -5.80. The van der Waals surface area contributed by atoms with Crippen molar-refractivity contribution >= 4 is 32.2 Å². The monoisotopic (exact) mass is 436 g/mol. The summed E-state index contributed by atoms with van der Waals surface area (Å²) in [5.74, 6) is -5.59. The van der Waals surface area contributed by atoms with E-state index in [1.54, 1.807) is 19.6 Å². The number of aliphatic hydroxyl groups is 1. The Morgan fingerprint density at radius 3 is 1.76 bits per heavy atom. The minimum Gasteiger partial charge on any atom is -0.463 e. The molecule has 0 amide bonds. The van der Waals surface area contributed by atoms with Crippen LogP contribution in [0.5, 0.6) is 0 Å². The van der Waals surface area contributed by atoms with E-state index in [0.29, 0.717) is 0 Å². The van der Waals surface area contributed by atoms with E-state index in [1.165, 1.54) is 0 Å². The fraction of sp³-hybridized carbons (Fsp3) is 0.765. The molecule has 1 rings (SSSR count). The Bertz CT molecular complexity index is 644. The molecule has 1 N–H and O–H groups in total. The average Bonchev–Trinajstić information content (AvgIpc) is 2.49. The molecule has 12 heteroatoms. The predicted octanol–water partition coefficient (Wildman–Crippen LogP) is 0.241. The Balaban J connectivity index is 3.47. The molecule has 0 bridgehead atoms. The zero-order valence-corrected chi connectivity index (χ0v) is 18.5. The zero-order valence-electron chi connectivity index (χ0n) is 17.5. The number of carbonyl (C=O) groups excluding carboxylic acids is 4. The summed E-state index contributed by atoms with van der Waals surface area (Å²) in [6, 6.07) is 0. The molecule has 0 radical (unpaired) electrons. The average molecular weight is 436 g/mol. The van der Waals surface area contributed by atoms with Gasteiger partial charge in [-0.25, -0.2) is 0 Å². The van der Waals surface area contributed by atoms with E-state index in [-0.39, 0.29) is 0 Å². The van der Waals surface area contributed by atoms with Crippen molar-refractivity contribution in [2.75, 3.05) is 6.61 Å². The fourth-order valence-electron chi connectivity index (χ4n) is 2.77. The second kappa shape index (κ2) is 9.65. The van der Waals surface area contributed by atoms with Gasteiger partial charge in [0.2, 0.25) is 6.10 Å². The van der Waals surface area contributed by atoms with Crippen LogP contribution in [0.25, 0.3) is 0 Å². The molecular formula is C17H28O11Si. The lowest BCUT2D eigenvalue weighted by Crippen LogP contribution is -2.70. The topological polar surface area (TPSA) is 144 Å². The second-order valence-electron chi connectivity index (χ2n) is 7.48. The maximum atomic E-state index is 11.7. The van der Waals surface area contributed by atoms with Gasteiger partial charge in [-0.05, 0) is 19.6 Å². The van der Waals surface area contributed by atoms with Gasteiger partial charge >= 0.3 is 29.9 Å². The van der Waals surface area contributed by atoms with Crippen LogP contribution in [-0.4, -0.2) is 74.3 Å². The molecule has 1 fully saturated rings. The number of carbonyl (C=O) groups is 4. The minimum absolute atomic E-state index is 0.449. The Morgan fingerprint density at radius 2 is 1.34 bits per heavy atom. The Labute approximate surface area is 169 Å². The maximum absolute atomic E-state index is 11.7. The van der Waals surface area contributed by atoms with Crippen molar-refractivity contribution in [3.63, 3.8) is 0 Å². The first-order valence-electron chi connectivity index (χ1n) is 8.90. The largest absolute Gasteiger partial charge is 0.463 e. The summed E-state index contributed by atoms with van der Waals surface area (Å²) in [7, 11) is -2.53. The normalized spacial score (nSPS) is 29.5. The summed E-state index contributed by atoms with van der Waals surface area (Å²) in [4.78, 5) is 46.2. The lowest BCUT2D eigenvalue weighted by molar-refractivity contribution is -0.425. The molecular weight excluding hydrogens is 408 g/mol. The fourth-order valence-corrected chi connectivity index (χ4v) is 3.81. The van der Waals surface area contributed by atoms with Crippen LogP contribution in [0.15, 0.2) is 0 Å². The van der Waals surface area contributed by atoms with Gasteiger partial charge in [-0.3, -0.25) is 19.2 Å². The van der Waals surface area contributed by atoms with E-state index in [1.807, 2.05) is 0 Å². The molecule has 1 aliphatic rings. The van der Waals surface area contributed by atoms with Gasteiger partial charge in [0, 0.05) is 27.7 Å². The number of rotatable bonds is 7. The summed E-state index contributed by atoms with van der Waals surface area (Å²) >= 11 is 0. The smallest absolute Gasteiger partial charge is 0.315 e. The SMILES string of the molecule is CC(=O)OC[C@H]1O[C@](O)(O[Si](C)(C)C)[C@H](OC(C)=O)[C@@H](OC(C)=O)[C@H]1OC(C)=O. The Kier molecular flexibility index (Phi) is 8.32. The highest BCUT2D eigenvalue weighted by atomic mass is 28.4. The van der Waals surface area contributed by atoms with Crippen molar-refractivity contribution < 1.29 is 52.4 Å². The van der Waals surface area contributed by atoms with Crippen molar-refractivity contribution in [2.24, 2.45) is 0 Å². The summed E-state index contributed by atoms with van der Waals surface area (Å²) in [5.41, 5.74) is 0. The highest BCUT2D eigenvalue weighted by Gasteiger charge is 2.61. The molecule has 0 aromatic rings. The maximum Gasteiger partial charge on any atom is 0.315 e. The lowest BCUT2D eigenvalue weighted by atomic mass is 9.96. The van der Waals surface area contributed by atoms with Crippen LogP contribution in [0.2, 0.25) is 19.6 Å². The Hall–Kier alpha value is -2.02. The third kappa shape index (κ3) is 7.72. The first kappa shape index (κ1) is 25.0. The zero-order chi connectivity index (χ0) is 22.6. The third-order valence-corrected chi connectivity index (χ3v) is 4.37.